The zero-order valence-electron chi connectivity index (χ0n) is 9.98. The summed E-state index contributed by atoms with van der Waals surface area (Å²) >= 11 is 6.47. The fourth-order valence-electron chi connectivity index (χ4n) is 1.40. The molecule has 5 nitrogen and oxygen atoms in total. The van der Waals surface area contributed by atoms with Gasteiger partial charge in [0.15, 0.2) is 0 Å². The van der Waals surface area contributed by atoms with Gasteiger partial charge in [-0.1, -0.05) is 0 Å². The van der Waals surface area contributed by atoms with Crippen molar-refractivity contribution in [3.63, 3.8) is 0 Å². The number of hydrogen-bond acceptors (Lipinski definition) is 6. The molecule has 7 heteroatoms. The lowest BCUT2D eigenvalue weighted by atomic mass is 10.4. The standard InChI is InChI=1S/C10H14N4OS2/c1-6-8(9-12-13-10(16)15-9)17-7(11-6)4-5-14(2)3/h4-5H2,1-3H3,(H,13,16). The highest BCUT2D eigenvalue weighted by Crippen LogP contribution is 2.28. The minimum Gasteiger partial charge on any atom is -0.408 e. The topological polar surface area (TPSA) is 58.0 Å². The van der Waals surface area contributed by atoms with Crippen molar-refractivity contribution in [3.05, 3.63) is 15.5 Å². The van der Waals surface area contributed by atoms with Gasteiger partial charge in [-0.2, -0.15) is 0 Å². The maximum absolute atomic E-state index is 5.30. The molecule has 2 aromatic heterocycles. The van der Waals surface area contributed by atoms with E-state index < -0.39 is 0 Å². The van der Waals surface area contributed by atoms with Gasteiger partial charge in [0.05, 0.1) is 10.7 Å². The molecule has 0 aliphatic rings. The molecule has 0 fully saturated rings. The SMILES string of the molecule is Cc1nc(CCN(C)C)sc1-c1n[nH]c(=S)o1. The van der Waals surface area contributed by atoms with Crippen LogP contribution in [-0.4, -0.2) is 40.7 Å². The van der Waals surface area contributed by atoms with Crippen molar-refractivity contribution in [1.29, 1.82) is 0 Å². The number of nitrogens with zero attached hydrogens (tertiary/aromatic N) is 3. The third-order valence-electron chi connectivity index (χ3n) is 2.25. The first-order valence-electron chi connectivity index (χ1n) is 5.23. The maximum atomic E-state index is 5.30. The van der Waals surface area contributed by atoms with Gasteiger partial charge in [0.2, 0.25) is 0 Å². The highest BCUT2D eigenvalue weighted by Gasteiger charge is 2.14. The average molecular weight is 270 g/mol. The van der Waals surface area contributed by atoms with E-state index in [0.717, 1.165) is 28.5 Å². The van der Waals surface area contributed by atoms with Crippen LogP contribution in [0.2, 0.25) is 0 Å². The molecule has 0 saturated carbocycles. The first-order chi connectivity index (χ1) is 8.06. The van der Waals surface area contributed by atoms with Crippen molar-refractivity contribution in [1.82, 2.24) is 20.1 Å². The van der Waals surface area contributed by atoms with Gasteiger partial charge in [0.25, 0.3) is 10.7 Å². The van der Waals surface area contributed by atoms with Crippen LogP contribution < -0.4 is 0 Å². The van der Waals surface area contributed by atoms with Gasteiger partial charge < -0.3 is 9.32 Å². The van der Waals surface area contributed by atoms with Crippen molar-refractivity contribution < 1.29 is 4.42 Å². The first kappa shape index (κ1) is 12.4. The maximum Gasteiger partial charge on any atom is 0.284 e. The molecule has 0 amide bonds. The summed E-state index contributed by atoms with van der Waals surface area (Å²) in [4.78, 5) is 7.89. The summed E-state index contributed by atoms with van der Waals surface area (Å²) in [6.07, 6.45) is 0.934. The molecule has 17 heavy (non-hydrogen) atoms. The highest BCUT2D eigenvalue weighted by molar-refractivity contribution is 7.71. The zero-order chi connectivity index (χ0) is 12.4. The Morgan fingerprint density at radius 1 is 1.47 bits per heavy atom. The third kappa shape index (κ3) is 2.99. The van der Waals surface area contributed by atoms with Crippen molar-refractivity contribution >= 4 is 23.6 Å². The second kappa shape index (κ2) is 5.07. The Morgan fingerprint density at radius 2 is 2.24 bits per heavy atom. The summed E-state index contributed by atoms with van der Waals surface area (Å²) in [5.41, 5.74) is 0.939. The van der Waals surface area contributed by atoms with Gasteiger partial charge in [0, 0.05) is 13.0 Å². The predicted molar refractivity (Wildman–Crippen MR) is 69.8 cm³/mol. The summed E-state index contributed by atoms with van der Waals surface area (Å²) < 4.78 is 5.30. The second-order valence-corrected chi connectivity index (χ2v) is 5.45. The molecule has 1 N–H and O–H groups in total. The molecular weight excluding hydrogens is 256 g/mol. The summed E-state index contributed by atoms with van der Waals surface area (Å²) in [5, 5.41) is 7.74. The molecule has 0 bridgehead atoms. The molecule has 2 aromatic rings. The first-order valence-corrected chi connectivity index (χ1v) is 6.45. The van der Waals surface area contributed by atoms with E-state index in [9.17, 15) is 0 Å². The average Bonchev–Trinajstić information content (AvgIpc) is 2.82. The largest absolute Gasteiger partial charge is 0.408 e. The zero-order valence-corrected chi connectivity index (χ0v) is 11.6. The molecular formula is C10H14N4OS2. The lowest BCUT2D eigenvalue weighted by Crippen LogP contribution is -2.14. The van der Waals surface area contributed by atoms with E-state index in [2.05, 4.69) is 20.1 Å². The molecule has 0 aliphatic carbocycles. The minimum absolute atomic E-state index is 0.294. The van der Waals surface area contributed by atoms with Crippen molar-refractivity contribution in [2.45, 2.75) is 13.3 Å². The molecule has 92 valence electrons. The van der Waals surface area contributed by atoms with E-state index in [1.807, 2.05) is 21.0 Å². The monoisotopic (exact) mass is 270 g/mol. The van der Waals surface area contributed by atoms with Crippen LogP contribution >= 0.6 is 23.6 Å². The Bertz CT molecular complexity index is 555. The minimum atomic E-state index is 0.294. The van der Waals surface area contributed by atoms with Crippen LogP contribution in [0.3, 0.4) is 0 Å². The predicted octanol–water partition coefficient (Wildman–Crippen LogP) is 2.27. The molecule has 0 atom stereocenters. The lowest BCUT2D eigenvalue weighted by molar-refractivity contribution is 0.413. The number of H-pyrrole nitrogens is 1. The normalized spacial score (nSPS) is 11.3. The number of likely N-dealkylation sites (N-methyl/N-ethyl adjacent to an activating group) is 1. The van der Waals surface area contributed by atoms with Gasteiger partial charge in [-0.25, -0.2) is 10.1 Å². The van der Waals surface area contributed by atoms with Crippen molar-refractivity contribution in [2.75, 3.05) is 20.6 Å². The Morgan fingerprint density at radius 3 is 2.82 bits per heavy atom. The third-order valence-corrected chi connectivity index (χ3v) is 3.63. The van der Waals surface area contributed by atoms with Crippen LogP contribution in [0.15, 0.2) is 4.42 Å². The molecule has 0 aromatic carbocycles. The van der Waals surface area contributed by atoms with Gasteiger partial charge in [0.1, 0.15) is 4.88 Å². The lowest BCUT2D eigenvalue weighted by Gasteiger charge is -2.06. The Balaban J connectivity index is 2.22. The Kier molecular flexibility index (Phi) is 3.70. The Labute approximate surface area is 108 Å². The number of aryl methyl sites for hydroxylation is 1. The van der Waals surface area contributed by atoms with Crippen molar-refractivity contribution in [3.8, 4) is 10.8 Å². The number of aromatic nitrogens is 3. The van der Waals surface area contributed by atoms with E-state index in [1.54, 1.807) is 11.3 Å². The quantitative estimate of drug-likeness (QED) is 0.864. The fraction of sp³-hybridized carbons (Fsp3) is 0.500. The number of rotatable bonds is 4. The summed E-state index contributed by atoms with van der Waals surface area (Å²) in [7, 11) is 4.10. The van der Waals surface area contributed by atoms with E-state index in [-0.39, 0.29) is 0 Å². The van der Waals surface area contributed by atoms with Gasteiger partial charge in [-0.05, 0) is 33.2 Å². The van der Waals surface area contributed by atoms with Crippen LogP contribution in [0.1, 0.15) is 10.7 Å². The molecule has 0 radical (unpaired) electrons. The highest BCUT2D eigenvalue weighted by atomic mass is 32.1. The molecule has 2 rings (SSSR count). The number of aromatic amines is 1. The van der Waals surface area contributed by atoms with Gasteiger partial charge in [-0.15, -0.1) is 16.4 Å². The summed E-state index contributed by atoms with van der Waals surface area (Å²) in [6.45, 7) is 2.94. The van der Waals surface area contributed by atoms with Crippen LogP contribution in [0.5, 0.6) is 0 Å². The molecule has 0 aliphatic heterocycles. The van der Waals surface area contributed by atoms with Crippen LogP contribution in [0, 0.1) is 11.8 Å². The summed E-state index contributed by atoms with van der Waals surface area (Å²) in [5.74, 6) is 0.529. The van der Waals surface area contributed by atoms with Crippen molar-refractivity contribution in [2.24, 2.45) is 0 Å². The van der Waals surface area contributed by atoms with Crippen LogP contribution in [-0.2, 0) is 6.42 Å². The van der Waals surface area contributed by atoms with E-state index in [1.165, 1.54) is 0 Å². The van der Waals surface area contributed by atoms with Crippen LogP contribution in [0.4, 0.5) is 0 Å². The molecule has 2 heterocycles. The molecule has 0 spiro atoms. The van der Waals surface area contributed by atoms with E-state index in [4.69, 9.17) is 16.6 Å². The number of thiazole rings is 1. The van der Waals surface area contributed by atoms with Crippen LogP contribution in [0.25, 0.3) is 10.8 Å². The van der Waals surface area contributed by atoms with E-state index in [0.29, 0.717) is 10.7 Å². The number of hydrogen-bond donors (Lipinski definition) is 1. The Hall–Kier alpha value is -1.05. The van der Waals surface area contributed by atoms with Gasteiger partial charge in [-0.3, -0.25) is 0 Å². The second-order valence-electron chi connectivity index (χ2n) is 3.99. The molecule has 0 unspecified atom stereocenters. The fourth-order valence-corrected chi connectivity index (χ4v) is 2.51. The molecule has 0 saturated heterocycles. The van der Waals surface area contributed by atoms with Gasteiger partial charge >= 0.3 is 0 Å². The summed E-state index contributed by atoms with van der Waals surface area (Å²) in [6, 6.07) is 0. The number of nitrogens with one attached hydrogen (secondary N) is 1. The van der Waals surface area contributed by atoms with E-state index >= 15 is 0 Å². The smallest absolute Gasteiger partial charge is 0.284 e.